The van der Waals surface area contributed by atoms with E-state index in [4.69, 9.17) is 4.74 Å². The first-order valence-electron chi connectivity index (χ1n) is 9.73. The number of amides is 1. The molecule has 3 nitrogen and oxygen atoms in total. The number of nitrogens with one attached hydrogen (secondary N) is 1. The molecule has 0 aliphatic heterocycles. The summed E-state index contributed by atoms with van der Waals surface area (Å²) in [5.41, 5.74) is 1.25. The Kier molecular flexibility index (Phi) is 7.98. The van der Waals surface area contributed by atoms with Gasteiger partial charge in [0.2, 0.25) is 5.91 Å². The molecule has 1 saturated carbocycles. The van der Waals surface area contributed by atoms with E-state index < -0.39 is 0 Å². The zero-order valence-electron chi connectivity index (χ0n) is 17.0. The minimum absolute atomic E-state index is 0.0112. The highest BCUT2D eigenvalue weighted by Gasteiger charge is 2.34. The van der Waals surface area contributed by atoms with Crippen molar-refractivity contribution in [1.82, 2.24) is 5.32 Å². The molecule has 1 fully saturated rings. The maximum atomic E-state index is 12.5. The van der Waals surface area contributed by atoms with Gasteiger partial charge < -0.3 is 10.1 Å². The minimum Gasteiger partial charge on any atom is -0.374 e. The Balaban J connectivity index is 2.53. The van der Waals surface area contributed by atoms with E-state index in [1.54, 1.807) is 5.57 Å². The SMILES string of the molecule is CCC(NC(=O)C(C)(C)CC)C(C)(C)CC(C)OCC=C1CCC1. The van der Waals surface area contributed by atoms with Crippen LogP contribution in [0.2, 0.25) is 0 Å². The van der Waals surface area contributed by atoms with Crippen molar-refractivity contribution < 1.29 is 9.53 Å². The molecule has 1 amide bonds. The van der Waals surface area contributed by atoms with E-state index in [0.29, 0.717) is 0 Å². The van der Waals surface area contributed by atoms with Crippen LogP contribution in [0.4, 0.5) is 0 Å². The largest absolute Gasteiger partial charge is 0.374 e. The lowest BCUT2D eigenvalue weighted by molar-refractivity contribution is -0.131. The second-order valence-corrected chi connectivity index (χ2v) is 8.72. The Labute approximate surface area is 149 Å². The highest BCUT2D eigenvalue weighted by molar-refractivity contribution is 5.82. The Hall–Kier alpha value is -0.830. The molecule has 1 aliphatic rings. The fraction of sp³-hybridized carbons (Fsp3) is 0.857. The lowest BCUT2D eigenvalue weighted by Gasteiger charge is -2.38. The van der Waals surface area contributed by atoms with Crippen molar-refractivity contribution in [1.29, 1.82) is 0 Å². The fourth-order valence-corrected chi connectivity index (χ4v) is 3.22. The lowest BCUT2D eigenvalue weighted by Crippen LogP contribution is -2.49. The van der Waals surface area contributed by atoms with Crippen molar-refractivity contribution in [3.63, 3.8) is 0 Å². The van der Waals surface area contributed by atoms with E-state index in [2.05, 4.69) is 46.0 Å². The second-order valence-electron chi connectivity index (χ2n) is 8.72. The quantitative estimate of drug-likeness (QED) is 0.553. The Morgan fingerprint density at radius 2 is 1.88 bits per heavy atom. The van der Waals surface area contributed by atoms with Crippen LogP contribution in [0.15, 0.2) is 11.6 Å². The number of ether oxygens (including phenoxy) is 1. The second kappa shape index (κ2) is 9.03. The molecule has 2 atom stereocenters. The summed E-state index contributed by atoms with van der Waals surface area (Å²) in [5.74, 6) is 0.160. The zero-order valence-corrected chi connectivity index (χ0v) is 17.0. The van der Waals surface area contributed by atoms with Crippen molar-refractivity contribution >= 4 is 5.91 Å². The van der Waals surface area contributed by atoms with Gasteiger partial charge in [-0.25, -0.2) is 0 Å². The van der Waals surface area contributed by atoms with E-state index in [1.165, 1.54) is 19.3 Å². The highest BCUT2D eigenvalue weighted by atomic mass is 16.5. The number of allylic oxidation sites excluding steroid dienone is 1. The molecule has 0 bridgehead atoms. The molecule has 24 heavy (non-hydrogen) atoms. The summed E-state index contributed by atoms with van der Waals surface area (Å²) in [6.07, 6.45) is 9.01. The molecular weight excluding hydrogens is 298 g/mol. The molecule has 2 unspecified atom stereocenters. The zero-order chi connectivity index (χ0) is 18.4. The van der Waals surface area contributed by atoms with Gasteiger partial charge in [0.05, 0.1) is 12.7 Å². The summed E-state index contributed by atoms with van der Waals surface area (Å²) in [6.45, 7) is 15.6. The Morgan fingerprint density at radius 1 is 1.25 bits per heavy atom. The molecule has 0 aromatic heterocycles. The van der Waals surface area contributed by atoms with Gasteiger partial charge in [-0.15, -0.1) is 0 Å². The Morgan fingerprint density at radius 3 is 2.33 bits per heavy atom. The normalized spacial score (nSPS) is 17.9. The van der Waals surface area contributed by atoms with Gasteiger partial charge in [0, 0.05) is 11.5 Å². The maximum Gasteiger partial charge on any atom is 0.225 e. The van der Waals surface area contributed by atoms with E-state index in [1.807, 2.05) is 13.8 Å². The van der Waals surface area contributed by atoms with Crippen LogP contribution in [-0.4, -0.2) is 24.7 Å². The molecule has 3 heteroatoms. The van der Waals surface area contributed by atoms with Crippen molar-refractivity contribution in [2.45, 2.75) is 99.1 Å². The predicted molar refractivity (Wildman–Crippen MR) is 102 cm³/mol. The molecule has 1 aliphatic carbocycles. The number of carbonyl (C=O) groups excluding carboxylic acids is 1. The smallest absolute Gasteiger partial charge is 0.225 e. The first-order chi connectivity index (χ1) is 11.1. The van der Waals surface area contributed by atoms with Gasteiger partial charge in [-0.3, -0.25) is 4.79 Å². The highest BCUT2D eigenvalue weighted by Crippen LogP contribution is 2.31. The molecule has 0 spiro atoms. The molecule has 1 rings (SSSR count). The molecule has 140 valence electrons. The molecule has 0 aromatic carbocycles. The first-order valence-corrected chi connectivity index (χ1v) is 9.73. The first kappa shape index (κ1) is 21.2. The standard InChI is InChI=1S/C21H39NO2/c1-8-18(22-19(23)20(4,5)9-2)21(6,7)15-16(3)24-14-13-17-11-10-12-17/h13,16,18H,8-12,14-15H2,1-7H3,(H,22,23). The molecular formula is C21H39NO2. The van der Waals surface area contributed by atoms with Gasteiger partial charge in [-0.2, -0.15) is 0 Å². The topological polar surface area (TPSA) is 38.3 Å². The number of carbonyl (C=O) groups is 1. The van der Waals surface area contributed by atoms with E-state index in [9.17, 15) is 4.79 Å². The van der Waals surface area contributed by atoms with Crippen molar-refractivity contribution in [3.05, 3.63) is 11.6 Å². The predicted octanol–water partition coefficient (Wildman–Crippen LogP) is 5.25. The van der Waals surface area contributed by atoms with E-state index in [-0.39, 0.29) is 28.9 Å². The maximum absolute atomic E-state index is 12.5. The van der Waals surface area contributed by atoms with Crippen LogP contribution in [0.5, 0.6) is 0 Å². The fourth-order valence-electron chi connectivity index (χ4n) is 3.22. The third kappa shape index (κ3) is 6.23. The van der Waals surface area contributed by atoms with Crippen molar-refractivity contribution in [3.8, 4) is 0 Å². The molecule has 0 radical (unpaired) electrons. The average Bonchev–Trinajstić information content (AvgIpc) is 2.46. The van der Waals surface area contributed by atoms with Gasteiger partial charge >= 0.3 is 0 Å². The van der Waals surface area contributed by atoms with Gasteiger partial charge in [-0.1, -0.05) is 53.2 Å². The lowest BCUT2D eigenvalue weighted by atomic mass is 9.77. The van der Waals surface area contributed by atoms with Crippen LogP contribution in [0, 0.1) is 10.8 Å². The molecule has 0 aromatic rings. The van der Waals surface area contributed by atoms with Crippen molar-refractivity contribution in [2.75, 3.05) is 6.61 Å². The van der Waals surface area contributed by atoms with Gasteiger partial charge in [0.1, 0.15) is 0 Å². The van der Waals surface area contributed by atoms with Crippen LogP contribution >= 0.6 is 0 Å². The summed E-state index contributed by atoms with van der Waals surface area (Å²) >= 11 is 0. The van der Waals surface area contributed by atoms with Gasteiger partial charge in [0.25, 0.3) is 0 Å². The summed E-state index contributed by atoms with van der Waals surface area (Å²) in [4.78, 5) is 12.5. The van der Waals surface area contributed by atoms with Crippen LogP contribution < -0.4 is 5.32 Å². The number of rotatable bonds is 10. The minimum atomic E-state index is -0.305. The number of hydrogen-bond donors (Lipinski definition) is 1. The number of hydrogen-bond acceptors (Lipinski definition) is 2. The molecule has 0 heterocycles. The third-order valence-electron chi connectivity index (χ3n) is 5.72. The summed E-state index contributed by atoms with van der Waals surface area (Å²) in [7, 11) is 0. The van der Waals surface area contributed by atoms with Gasteiger partial charge in [-0.05, 0) is 50.9 Å². The van der Waals surface area contributed by atoms with Gasteiger partial charge in [0.15, 0.2) is 0 Å². The Bertz CT molecular complexity index is 431. The third-order valence-corrected chi connectivity index (χ3v) is 5.72. The van der Waals surface area contributed by atoms with Crippen LogP contribution in [0.1, 0.15) is 87.0 Å². The molecule has 0 saturated heterocycles. The molecule has 1 N–H and O–H groups in total. The monoisotopic (exact) mass is 337 g/mol. The van der Waals surface area contributed by atoms with Crippen molar-refractivity contribution in [2.24, 2.45) is 10.8 Å². The van der Waals surface area contributed by atoms with Crippen LogP contribution in [0.3, 0.4) is 0 Å². The summed E-state index contributed by atoms with van der Waals surface area (Å²) in [5, 5.41) is 3.29. The summed E-state index contributed by atoms with van der Waals surface area (Å²) < 4.78 is 5.98. The van der Waals surface area contributed by atoms with E-state index in [0.717, 1.165) is 25.9 Å². The van der Waals surface area contributed by atoms with Crippen LogP contribution in [0.25, 0.3) is 0 Å². The average molecular weight is 338 g/mol. The summed E-state index contributed by atoms with van der Waals surface area (Å²) in [6, 6.07) is 0.173. The van der Waals surface area contributed by atoms with Crippen LogP contribution in [-0.2, 0) is 9.53 Å². The van der Waals surface area contributed by atoms with E-state index >= 15 is 0 Å².